The van der Waals surface area contributed by atoms with E-state index in [0.29, 0.717) is 0 Å². The highest BCUT2D eigenvalue weighted by Gasteiger charge is 2.10. The van der Waals surface area contributed by atoms with Gasteiger partial charge in [0, 0.05) is 19.3 Å². The normalized spacial score (nSPS) is 15.0. The number of carbonyl (C=O) groups is 1. The van der Waals surface area contributed by atoms with Crippen molar-refractivity contribution in [1.29, 1.82) is 0 Å². The summed E-state index contributed by atoms with van der Waals surface area (Å²) in [6, 6.07) is 0. The molecule has 0 aromatic carbocycles. The molecule has 1 aromatic rings. The summed E-state index contributed by atoms with van der Waals surface area (Å²) in [7, 11) is 0. The third kappa shape index (κ3) is 1.76. The number of hydrogen-bond acceptors (Lipinski definition) is 3. The van der Waals surface area contributed by atoms with Gasteiger partial charge in [-0.15, -0.1) is 0 Å². The predicted octanol–water partition coefficient (Wildman–Crippen LogP) is 0.344. The molecule has 1 N–H and O–H groups in total. The van der Waals surface area contributed by atoms with Crippen molar-refractivity contribution in [2.45, 2.75) is 6.54 Å². The van der Waals surface area contributed by atoms with Crippen molar-refractivity contribution >= 4 is 11.7 Å². The van der Waals surface area contributed by atoms with Gasteiger partial charge in [-0.1, -0.05) is 12.2 Å². The summed E-state index contributed by atoms with van der Waals surface area (Å²) in [6.45, 7) is 1.67. The fourth-order valence-electron chi connectivity index (χ4n) is 1.43. The van der Waals surface area contributed by atoms with E-state index in [0.717, 1.165) is 18.8 Å². The third-order valence-electron chi connectivity index (χ3n) is 2.10. The lowest BCUT2D eigenvalue weighted by Crippen LogP contribution is -2.17. The van der Waals surface area contributed by atoms with Crippen LogP contribution in [-0.4, -0.2) is 33.9 Å². The zero-order valence-electron chi connectivity index (χ0n) is 7.63. The van der Waals surface area contributed by atoms with E-state index in [-0.39, 0.29) is 6.54 Å². The van der Waals surface area contributed by atoms with Crippen LogP contribution in [-0.2, 0) is 11.3 Å². The van der Waals surface area contributed by atoms with Gasteiger partial charge in [-0.3, -0.25) is 9.48 Å². The molecule has 0 spiro atoms. The fraction of sp³-hybridized carbons (Fsp3) is 0.333. The second-order valence-electron chi connectivity index (χ2n) is 3.17. The summed E-state index contributed by atoms with van der Waals surface area (Å²) in [4.78, 5) is 12.5. The van der Waals surface area contributed by atoms with Crippen LogP contribution in [0.25, 0.3) is 0 Å². The van der Waals surface area contributed by atoms with Crippen LogP contribution in [0.4, 0.5) is 5.69 Å². The van der Waals surface area contributed by atoms with Gasteiger partial charge in [0.1, 0.15) is 6.54 Å². The largest absolute Gasteiger partial charge is 0.480 e. The van der Waals surface area contributed by atoms with Crippen LogP contribution in [0.15, 0.2) is 24.5 Å². The molecule has 2 rings (SSSR count). The van der Waals surface area contributed by atoms with Gasteiger partial charge in [-0.2, -0.15) is 5.10 Å². The van der Waals surface area contributed by atoms with Crippen molar-refractivity contribution in [2.75, 3.05) is 18.0 Å². The molecule has 74 valence electrons. The first kappa shape index (κ1) is 8.80. The van der Waals surface area contributed by atoms with Crippen LogP contribution in [0.2, 0.25) is 0 Å². The highest BCUT2D eigenvalue weighted by atomic mass is 16.4. The number of aliphatic carboxylic acids is 1. The van der Waals surface area contributed by atoms with E-state index in [2.05, 4.69) is 22.2 Å². The van der Waals surface area contributed by atoms with Crippen molar-refractivity contribution in [2.24, 2.45) is 0 Å². The van der Waals surface area contributed by atoms with E-state index in [1.807, 2.05) is 0 Å². The van der Waals surface area contributed by atoms with Crippen LogP contribution in [0.1, 0.15) is 0 Å². The Morgan fingerprint density at radius 2 is 2.21 bits per heavy atom. The Hall–Kier alpha value is -1.78. The van der Waals surface area contributed by atoms with Crippen LogP contribution in [0.3, 0.4) is 0 Å². The number of anilines is 1. The lowest BCUT2D eigenvalue weighted by atomic mass is 10.5. The molecular formula is C9H11N3O2. The van der Waals surface area contributed by atoms with Crippen molar-refractivity contribution < 1.29 is 9.90 Å². The topological polar surface area (TPSA) is 58.4 Å². The summed E-state index contributed by atoms with van der Waals surface area (Å²) in [6.07, 6.45) is 7.60. The van der Waals surface area contributed by atoms with Gasteiger partial charge in [0.2, 0.25) is 0 Å². The Labute approximate surface area is 81.2 Å². The van der Waals surface area contributed by atoms with Crippen LogP contribution in [0.5, 0.6) is 0 Å². The molecular weight excluding hydrogens is 182 g/mol. The molecule has 2 heterocycles. The number of carboxylic acid groups (broad SMARTS) is 1. The quantitative estimate of drug-likeness (QED) is 0.703. The molecule has 14 heavy (non-hydrogen) atoms. The van der Waals surface area contributed by atoms with Gasteiger partial charge in [0.05, 0.1) is 11.9 Å². The van der Waals surface area contributed by atoms with Crippen LogP contribution in [0, 0.1) is 0 Å². The van der Waals surface area contributed by atoms with Crippen LogP contribution >= 0.6 is 0 Å². The molecule has 1 aliphatic rings. The second kappa shape index (κ2) is 3.53. The van der Waals surface area contributed by atoms with E-state index >= 15 is 0 Å². The van der Waals surface area contributed by atoms with Gasteiger partial charge < -0.3 is 10.0 Å². The summed E-state index contributed by atoms with van der Waals surface area (Å²) in [5, 5.41) is 12.5. The van der Waals surface area contributed by atoms with Gasteiger partial charge in [-0.05, 0) is 0 Å². The Morgan fingerprint density at radius 3 is 2.86 bits per heavy atom. The van der Waals surface area contributed by atoms with E-state index in [1.54, 1.807) is 12.4 Å². The maximum Gasteiger partial charge on any atom is 0.325 e. The Balaban J connectivity index is 2.05. The van der Waals surface area contributed by atoms with Gasteiger partial charge in [0.25, 0.3) is 0 Å². The minimum Gasteiger partial charge on any atom is -0.480 e. The van der Waals surface area contributed by atoms with Crippen molar-refractivity contribution in [3.05, 3.63) is 24.5 Å². The minimum atomic E-state index is -0.876. The average molecular weight is 193 g/mol. The number of nitrogens with zero attached hydrogens (tertiary/aromatic N) is 3. The van der Waals surface area contributed by atoms with E-state index in [4.69, 9.17) is 5.11 Å². The highest BCUT2D eigenvalue weighted by molar-refractivity contribution is 5.66. The van der Waals surface area contributed by atoms with Gasteiger partial charge in [0.15, 0.2) is 0 Å². The molecule has 0 amide bonds. The van der Waals surface area contributed by atoms with Crippen molar-refractivity contribution in [1.82, 2.24) is 9.78 Å². The maximum absolute atomic E-state index is 10.4. The Bertz CT molecular complexity index is 362. The smallest absolute Gasteiger partial charge is 0.325 e. The Kier molecular flexibility index (Phi) is 2.22. The molecule has 0 bridgehead atoms. The first-order valence-electron chi connectivity index (χ1n) is 4.40. The van der Waals surface area contributed by atoms with Crippen LogP contribution < -0.4 is 4.90 Å². The van der Waals surface area contributed by atoms with Crippen molar-refractivity contribution in [3.63, 3.8) is 0 Å². The molecule has 0 saturated carbocycles. The SMILES string of the molecule is O=C(O)Cn1cc(N2CC=CC2)cn1. The number of aromatic nitrogens is 2. The van der Waals surface area contributed by atoms with E-state index < -0.39 is 5.97 Å². The minimum absolute atomic E-state index is 0.0821. The molecule has 0 atom stereocenters. The zero-order valence-corrected chi connectivity index (χ0v) is 7.63. The molecule has 0 aliphatic carbocycles. The average Bonchev–Trinajstić information content (AvgIpc) is 2.69. The first-order valence-corrected chi connectivity index (χ1v) is 4.40. The third-order valence-corrected chi connectivity index (χ3v) is 2.10. The molecule has 1 aromatic heterocycles. The standard InChI is InChI=1S/C9H11N3O2/c13-9(14)7-12-6-8(5-10-12)11-3-1-2-4-11/h1-2,5-6H,3-4,7H2,(H,13,14). The molecule has 0 radical (unpaired) electrons. The highest BCUT2D eigenvalue weighted by Crippen LogP contribution is 2.15. The lowest BCUT2D eigenvalue weighted by molar-refractivity contribution is -0.137. The molecule has 5 heteroatoms. The summed E-state index contributed by atoms with van der Waals surface area (Å²) in [5.74, 6) is -0.876. The summed E-state index contributed by atoms with van der Waals surface area (Å²) < 4.78 is 1.43. The Morgan fingerprint density at radius 1 is 1.50 bits per heavy atom. The first-order chi connectivity index (χ1) is 6.75. The summed E-state index contributed by atoms with van der Waals surface area (Å²) in [5.41, 5.74) is 0.969. The maximum atomic E-state index is 10.4. The lowest BCUT2D eigenvalue weighted by Gasteiger charge is -2.13. The van der Waals surface area contributed by atoms with Gasteiger partial charge in [-0.25, -0.2) is 0 Å². The summed E-state index contributed by atoms with van der Waals surface area (Å²) >= 11 is 0. The van der Waals surface area contributed by atoms with Gasteiger partial charge >= 0.3 is 5.97 Å². The number of rotatable bonds is 3. The monoisotopic (exact) mass is 193 g/mol. The number of hydrogen-bond donors (Lipinski definition) is 1. The molecule has 0 unspecified atom stereocenters. The second-order valence-corrected chi connectivity index (χ2v) is 3.17. The predicted molar refractivity (Wildman–Crippen MR) is 51.2 cm³/mol. The zero-order chi connectivity index (χ0) is 9.97. The van der Waals surface area contributed by atoms with Crippen molar-refractivity contribution in [3.8, 4) is 0 Å². The van der Waals surface area contributed by atoms with E-state index in [9.17, 15) is 4.79 Å². The van der Waals surface area contributed by atoms with E-state index in [1.165, 1.54) is 4.68 Å². The number of carboxylic acids is 1. The molecule has 1 aliphatic heterocycles. The fourth-order valence-corrected chi connectivity index (χ4v) is 1.43. The molecule has 0 fully saturated rings. The molecule has 5 nitrogen and oxygen atoms in total. The molecule has 0 saturated heterocycles.